The Labute approximate surface area is 217 Å². The molecule has 0 radical (unpaired) electrons. The predicted molar refractivity (Wildman–Crippen MR) is 137 cm³/mol. The average Bonchev–Trinajstić information content (AvgIpc) is 3.23. The molecule has 0 spiro atoms. The lowest BCUT2D eigenvalue weighted by atomic mass is 9.83. The fourth-order valence-corrected chi connectivity index (χ4v) is 5.03. The van der Waals surface area contributed by atoms with Crippen LogP contribution in [0.3, 0.4) is 0 Å². The molecule has 3 amide bonds. The van der Waals surface area contributed by atoms with Gasteiger partial charge in [-0.15, -0.1) is 0 Å². The summed E-state index contributed by atoms with van der Waals surface area (Å²) in [5.74, 6) is -5.67. The smallest absolute Gasteiger partial charge is 0.319 e. The lowest BCUT2D eigenvalue weighted by Gasteiger charge is -2.27. The molecular weight excluding hydrogens is 476 g/mol. The zero-order valence-electron chi connectivity index (χ0n) is 21.8. The van der Waals surface area contributed by atoms with Crippen LogP contribution in [0.2, 0.25) is 0 Å². The van der Waals surface area contributed by atoms with Crippen molar-refractivity contribution < 1.29 is 29.1 Å². The summed E-state index contributed by atoms with van der Waals surface area (Å²) < 4.78 is 6.95. The number of hydrogen-bond acceptors (Lipinski definition) is 6. The van der Waals surface area contributed by atoms with Crippen molar-refractivity contribution in [2.45, 2.75) is 65.0 Å². The summed E-state index contributed by atoms with van der Waals surface area (Å²) in [7, 11) is 1.11. The first kappa shape index (κ1) is 28.2. The number of fused-ring (bicyclic) bond motifs is 5. The number of carbonyl (C=O) groups excluding carboxylic acids is 4. The molecule has 3 rings (SSSR count). The fraction of sp³-hybridized carbons (Fsp3) is 0.556. The zero-order chi connectivity index (χ0) is 26.9. The lowest BCUT2D eigenvalue weighted by Crippen LogP contribution is -2.53. The van der Waals surface area contributed by atoms with Crippen LogP contribution in [0.25, 0.3) is 10.9 Å². The Morgan fingerprint density at radius 3 is 2.57 bits per heavy atom. The van der Waals surface area contributed by atoms with E-state index in [1.165, 1.54) is 5.48 Å². The molecule has 4 N–H and O–H groups in total. The van der Waals surface area contributed by atoms with Crippen LogP contribution >= 0.6 is 0 Å². The van der Waals surface area contributed by atoms with Gasteiger partial charge in [0.2, 0.25) is 11.8 Å². The molecule has 37 heavy (non-hydrogen) atoms. The van der Waals surface area contributed by atoms with E-state index in [1.54, 1.807) is 0 Å². The van der Waals surface area contributed by atoms with E-state index in [2.05, 4.69) is 15.2 Å². The fourth-order valence-electron chi connectivity index (χ4n) is 5.03. The molecule has 2 bridgehead atoms. The van der Waals surface area contributed by atoms with Crippen molar-refractivity contribution in [3.8, 4) is 0 Å². The number of nitrogens with one attached hydrogen (secondary N) is 3. The number of rotatable bonds is 7. The minimum absolute atomic E-state index is 0.0544. The average molecular weight is 515 g/mol. The first-order valence-corrected chi connectivity index (χ1v) is 12.9. The summed E-state index contributed by atoms with van der Waals surface area (Å²) in [5.41, 5.74) is 3.47. The third kappa shape index (κ3) is 7.09. The van der Waals surface area contributed by atoms with Gasteiger partial charge in [0.25, 0.3) is 5.91 Å². The van der Waals surface area contributed by atoms with Gasteiger partial charge in [0, 0.05) is 36.6 Å². The normalized spacial score (nSPS) is 18.5. The second kappa shape index (κ2) is 13.2. The first-order valence-electron chi connectivity index (χ1n) is 12.9. The van der Waals surface area contributed by atoms with Crippen LogP contribution in [0.5, 0.6) is 0 Å². The van der Waals surface area contributed by atoms with Crippen LogP contribution in [0.15, 0.2) is 30.5 Å². The molecule has 2 heterocycles. The molecule has 1 unspecified atom stereocenters. The summed E-state index contributed by atoms with van der Waals surface area (Å²) in [6.07, 6.45) is 6.36. The third-order valence-corrected chi connectivity index (χ3v) is 6.87. The van der Waals surface area contributed by atoms with Crippen LogP contribution in [0.4, 0.5) is 0 Å². The van der Waals surface area contributed by atoms with Crippen LogP contribution in [-0.2, 0) is 36.9 Å². The van der Waals surface area contributed by atoms with E-state index in [0.717, 1.165) is 55.8 Å². The number of aryl methyl sites for hydroxylation is 1. The summed E-state index contributed by atoms with van der Waals surface area (Å²) in [6, 6.07) is 7.06. The van der Waals surface area contributed by atoms with Gasteiger partial charge in [0.1, 0.15) is 12.0 Å². The van der Waals surface area contributed by atoms with Crippen molar-refractivity contribution >= 4 is 34.6 Å². The predicted octanol–water partition coefficient (Wildman–Crippen LogP) is 2.32. The van der Waals surface area contributed by atoms with Crippen molar-refractivity contribution in [3.05, 3.63) is 36.0 Å². The van der Waals surface area contributed by atoms with E-state index in [4.69, 9.17) is 4.74 Å². The largest absolute Gasteiger partial charge is 0.468 e. The number of ether oxygens (including phenoxy) is 1. The highest BCUT2D eigenvalue weighted by atomic mass is 16.5. The number of nitrogens with zero attached hydrogens (tertiary/aromatic N) is 1. The van der Waals surface area contributed by atoms with Crippen molar-refractivity contribution in [1.29, 1.82) is 0 Å². The Kier molecular flexibility index (Phi) is 10.1. The Bertz CT molecular complexity index is 1100. The molecule has 1 aromatic heterocycles. The maximum atomic E-state index is 13.6. The van der Waals surface area contributed by atoms with Crippen LogP contribution < -0.4 is 16.1 Å². The maximum absolute atomic E-state index is 13.6. The number of methoxy groups -OCH3 is 1. The van der Waals surface area contributed by atoms with Crippen molar-refractivity contribution in [2.24, 2.45) is 17.8 Å². The van der Waals surface area contributed by atoms with E-state index in [9.17, 15) is 24.4 Å². The highest BCUT2D eigenvalue weighted by Gasteiger charge is 2.41. The van der Waals surface area contributed by atoms with Crippen LogP contribution in [0.1, 0.15) is 51.5 Å². The highest BCUT2D eigenvalue weighted by Crippen LogP contribution is 2.26. The van der Waals surface area contributed by atoms with Gasteiger partial charge in [0.05, 0.1) is 13.0 Å². The van der Waals surface area contributed by atoms with Crippen molar-refractivity contribution in [1.82, 2.24) is 20.7 Å². The van der Waals surface area contributed by atoms with Crippen molar-refractivity contribution in [3.63, 3.8) is 0 Å². The number of para-hydroxylation sites is 1. The van der Waals surface area contributed by atoms with E-state index in [0.29, 0.717) is 6.54 Å². The molecule has 0 aliphatic carbocycles. The number of benzene rings is 1. The molecule has 3 atom stereocenters. The van der Waals surface area contributed by atoms with E-state index in [1.807, 2.05) is 44.3 Å². The lowest BCUT2D eigenvalue weighted by molar-refractivity contribution is -0.158. The molecule has 1 aliphatic rings. The number of aromatic nitrogens is 1. The second-order valence-corrected chi connectivity index (χ2v) is 10.0. The Balaban J connectivity index is 1.96. The number of amides is 3. The van der Waals surface area contributed by atoms with Gasteiger partial charge < -0.3 is 19.9 Å². The summed E-state index contributed by atoms with van der Waals surface area (Å²) in [4.78, 5) is 51.7. The number of carbonyl (C=O) groups is 4. The van der Waals surface area contributed by atoms with Gasteiger partial charge in [-0.3, -0.25) is 24.4 Å². The molecule has 10 nitrogen and oxygen atoms in total. The first-order chi connectivity index (χ1) is 17.8. The monoisotopic (exact) mass is 514 g/mol. The molecule has 2 aromatic rings. The zero-order valence-corrected chi connectivity index (χ0v) is 21.8. The minimum atomic E-state index is -1.56. The Hall–Kier alpha value is -3.40. The maximum Gasteiger partial charge on any atom is 0.319 e. The number of hydrogen-bond donors (Lipinski definition) is 4. The van der Waals surface area contributed by atoms with Gasteiger partial charge in [-0.25, -0.2) is 5.48 Å². The topological polar surface area (TPSA) is 139 Å². The molecule has 0 fully saturated rings. The molecule has 1 aliphatic heterocycles. The van der Waals surface area contributed by atoms with E-state index in [-0.39, 0.29) is 24.7 Å². The van der Waals surface area contributed by atoms with Gasteiger partial charge in [-0.1, -0.05) is 44.9 Å². The molecule has 0 saturated heterocycles. The van der Waals surface area contributed by atoms with Gasteiger partial charge in [0.15, 0.2) is 0 Å². The van der Waals surface area contributed by atoms with Gasteiger partial charge in [-0.05, 0) is 36.8 Å². The van der Waals surface area contributed by atoms with Gasteiger partial charge >= 0.3 is 5.97 Å². The number of esters is 1. The second-order valence-electron chi connectivity index (χ2n) is 10.0. The van der Waals surface area contributed by atoms with E-state index >= 15 is 0 Å². The Morgan fingerprint density at radius 2 is 1.86 bits per heavy atom. The SMILES string of the molecule is COC(=O)C(C(=O)NO)[C@@H](CC(C)C)C(=O)N[C@H]1Cc2cn(c3ccccc23)CCCCCCNC1=O. The number of hydroxylamine groups is 1. The molecular formula is C27H38N4O6. The Morgan fingerprint density at radius 1 is 1.14 bits per heavy atom. The minimum Gasteiger partial charge on any atom is -0.468 e. The van der Waals surface area contributed by atoms with Crippen molar-refractivity contribution in [2.75, 3.05) is 13.7 Å². The quantitative estimate of drug-likeness (QED) is 0.194. The molecule has 10 heteroatoms. The summed E-state index contributed by atoms with van der Waals surface area (Å²) in [6.45, 7) is 5.07. The van der Waals surface area contributed by atoms with E-state index < -0.39 is 35.7 Å². The highest BCUT2D eigenvalue weighted by molar-refractivity contribution is 6.02. The van der Waals surface area contributed by atoms with Crippen LogP contribution in [-0.4, -0.2) is 53.2 Å². The van der Waals surface area contributed by atoms with Crippen LogP contribution in [0, 0.1) is 17.8 Å². The third-order valence-electron chi connectivity index (χ3n) is 6.87. The molecule has 202 valence electrons. The standard InChI is InChI=1S/C27H38N4O6/c1-17(2)14-20(23(26(34)30-36)27(35)37-3)24(32)29-21-15-18-16-31(22-11-7-6-10-19(18)22)13-9-5-4-8-12-28-25(21)33/h6-7,10-11,16-17,20-21,23,36H,4-5,8-9,12-15H2,1-3H3,(H,28,33)(H,29,32)(H,30,34)/t20-,21+,23?/m1/s1. The summed E-state index contributed by atoms with van der Waals surface area (Å²) >= 11 is 0. The molecule has 1 aromatic carbocycles. The summed E-state index contributed by atoms with van der Waals surface area (Å²) in [5, 5.41) is 16.0. The van der Waals surface area contributed by atoms with Gasteiger partial charge in [-0.2, -0.15) is 0 Å². The molecule has 0 saturated carbocycles.